The lowest BCUT2D eigenvalue weighted by Gasteiger charge is -2.12. The van der Waals surface area contributed by atoms with Crippen molar-refractivity contribution in [2.24, 2.45) is 5.73 Å². The maximum Gasteiger partial charge on any atom is 0.197 e. The Morgan fingerprint density at radius 2 is 2.00 bits per heavy atom. The van der Waals surface area contributed by atoms with Crippen molar-refractivity contribution < 1.29 is 8.81 Å². The maximum atomic E-state index is 13.8. The fourth-order valence-corrected chi connectivity index (χ4v) is 2.80. The SMILES string of the molecule is NC(Cc1nc2ccccc2o1)c1c(F)cccc1Br. The molecule has 2 aromatic carbocycles. The van der Waals surface area contributed by atoms with E-state index in [2.05, 4.69) is 20.9 Å². The van der Waals surface area contributed by atoms with Gasteiger partial charge in [-0.1, -0.05) is 34.1 Å². The van der Waals surface area contributed by atoms with Gasteiger partial charge in [0.25, 0.3) is 0 Å². The topological polar surface area (TPSA) is 52.0 Å². The standard InChI is InChI=1S/C15H12BrFN2O/c16-9-4-3-5-10(17)15(9)11(18)8-14-19-12-6-1-2-7-13(12)20-14/h1-7,11H,8,18H2. The van der Waals surface area contributed by atoms with Gasteiger partial charge in [0.2, 0.25) is 0 Å². The third-order valence-corrected chi connectivity index (χ3v) is 3.79. The predicted octanol–water partition coefficient (Wildman–Crippen LogP) is 3.97. The van der Waals surface area contributed by atoms with Gasteiger partial charge in [-0.15, -0.1) is 0 Å². The minimum Gasteiger partial charge on any atom is -0.441 e. The fraction of sp³-hybridized carbons (Fsp3) is 0.133. The molecular weight excluding hydrogens is 323 g/mol. The van der Waals surface area contributed by atoms with Gasteiger partial charge in [0.1, 0.15) is 11.3 Å². The van der Waals surface area contributed by atoms with Crippen LogP contribution in [0.2, 0.25) is 0 Å². The lowest BCUT2D eigenvalue weighted by Crippen LogP contribution is -2.15. The van der Waals surface area contributed by atoms with Crippen LogP contribution in [0.3, 0.4) is 0 Å². The van der Waals surface area contributed by atoms with Gasteiger partial charge >= 0.3 is 0 Å². The zero-order valence-corrected chi connectivity index (χ0v) is 12.1. The molecule has 0 saturated heterocycles. The van der Waals surface area contributed by atoms with E-state index in [0.717, 1.165) is 5.52 Å². The molecular formula is C15H12BrFN2O. The van der Waals surface area contributed by atoms with E-state index in [1.54, 1.807) is 12.1 Å². The van der Waals surface area contributed by atoms with Gasteiger partial charge < -0.3 is 10.2 Å². The highest BCUT2D eigenvalue weighted by molar-refractivity contribution is 9.10. The first kappa shape index (κ1) is 13.3. The Bertz CT molecular complexity index is 703. The summed E-state index contributed by atoms with van der Waals surface area (Å²) in [6.07, 6.45) is 0.341. The van der Waals surface area contributed by atoms with Crippen molar-refractivity contribution in [3.8, 4) is 0 Å². The first-order valence-corrected chi connectivity index (χ1v) is 6.98. The lowest BCUT2D eigenvalue weighted by molar-refractivity contribution is 0.491. The Kier molecular flexibility index (Phi) is 3.54. The smallest absolute Gasteiger partial charge is 0.197 e. The average molecular weight is 335 g/mol. The molecule has 102 valence electrons. The van der Waals surface area contributed by atoms with Crippen LogP contribution < -0.4 is 5.73 Å². The lowest BCUT2D eigenvalue weighted by atomic mass is 10.0. The van der Waals surface area contributed by atoms with Crippen LogP contribution in [0.25, 0.3) is 11.1 Å². The van der Waals surface area contributed by atoms with Gasteiger partial charge in [0.05, 0.1) is 0 Å². The molecule has 0 spiro atoms. The Hall–Kier alpha value is -1.72. The Balaban J connectivity index is 1.90. The molecule has 0 fully saturated rings. The monoisotopic (exact) mass is 334 g/mol. The summed E-state index contributed by atoms with van der Waals surface area (Å²) in [6, 6.07) is 11.8. The molecule has 3 rings (SSSR count). The first-order valence-electron chi connectivity index (χ1n) is 6.19. The van der Waals surface area contributed by atoms with Gasteiger partial charge in [0.15, 0.2) is 11.5 Å². The van der Waals surface area contributed by atoms with E-state index < -0.39 is 6.04 Å². The molecule has 0 radical (unpaired) electrons. The number of halogens is 2. The quantitative estimate of drug-likeness (QED) is 0.788. The molecule has 2 N–H and O–H groups in total. The van der Waals surface area contributed by atoms with Crippen molar-refractivity contribution in [1.29, 1.82) is 0 Å². The number of para-hydroxylation sites is 2. The van der Waals surface area contributed by atoms with E-state index in [9.17, 15) is 4.39 Å². The summed E-state index contributed by atoms with van der Waals surface area (Å²) >= 11 is 3.32. The van der Waals surface area contributed by atoms with Crippen molar-refractivity contribution in [3.05, 3.63) is 64.2 Å². The third-order valence-electron chi connectivity index (χ3n) is 3.10. The molecule has 0 aliphatic heterocycles. The minimum absolute atomic E-state index is 0.331. The first-order chi connectivity index (χ1) is 9.65. The summed E-state index contributed by atoms with van der Waals surface area (Å²) in [4.78, 5) is 4.35. The van der Waals surface area contributed by atoms with Gasteiger partial charge in [-0.25, -0.2) is 9.37 Å². The number of oxazole rings is 1. The molecule has 0 amide bonds. The number of benzene rings is 2. The van der Waals surface area contributed by atoms with Crippen LogP contribution in [0.1, 0.15) is 17.5 Å². The van der Waals surface area contributed by atoms with E-state index in [4.69, 9.17) is 10.2 Å². The van der Waals surface area contributed by atoms with E-state index in [1.807, 2.05) is 24.3 Å². The van der Waals surface area contributed by atoms with Crippen molar-refractivity contribution in [2.75, 3.05) is 0 Å². The molecule has 1 unspecified atom stereocenters. The largest absolute Gasteiger partial charge is 0.441 e. The van der Waals surface area contributed by atoms with Crippen LogP contribution >= 0.6 is 15.9 Å². The summed E-state index contributed by atoms with van der Waals surface area (Å²) in [5.74, 6) is 0.178. The van der Waals surface area contributed by atoms with Gasteiger partial charge in [-0.2, -0.15) is 0 Å². The molecule has 3 nitrogen and oxygen atoms in total. The molecule has 20 heavy (non-hydrogen) atoms. The van der Waals surface area contributed by atoms with Gasteiger partial charge in [-0.3, -0.25) is 0 Å². The number of nitrogens with two attached hydrogens (primary N) is 1. The van der Waals surface area contributed by atoms with Crippen LogP contribution in [-0.4, -0.2) is 4.98 Å². The van der Waals surface area contributed by atoms with Crippen molar-refractivity contribution in [2.45, 2.75) is 12.5 Å². The molecule has 1 heterocycles. The number of hydrogen-bond donors (Lipinski definition) is 1. The molecule has 0 saturated carbocycles. The van der Waals surface area contributed by atoms with Crippen molar-refractivity contribution >= 4 is 27.0 Å². The van der Waals surface area contributed by atoms with E-state index in [-0.39, 0.29) is 5.82 Å². The fourth-order valence-electron chi connectivity index (χ4n) is 2.16. The maximum absolute atomic E-state index is 13.8. The average Bonchev–Trinajstić information content (AvgIpc) is 2.80. The molecule has 5 heteroatoms. The van der Waals surface area contributed by atoms with Crippen LogP contribution in [-0.2, 0) is 6.42 Å². The highest BCUT2D eigenvalue weighted by atomic mass is 79.9. The Morgan fingerprint density at radius 1 is 1.20 bits per heavy atom. The summed E-state index contributed by atoms with van der Waals surface area (Å²) in [6.45, 7) is 0. The van der Waals surface area contributed by atoms with Gasteiger partial charge in [0, 0.05) is 22.5 Å². The normalized spacial score (nSPS) is 12.8. The highest BCUT2D eigenvalue weighted by Crippen LogP contribution is 2.27. The Morgan fingerprint density at radius 3 is 2.75 bits per heavy atom. The predicted molar refractivity (Wildman–Crippen MR) is 78.7 cm³/mol. The molecule has 0 bridgehead atoms. The number of rotatable bonds is 3. The summed E-state index contributed by atoms with van der Waals surface area (Å²) < 4.78 is 20.1. The van der Waals surface area contributed by atoms with E-state index in [1.165, 1.54) is 6.07 Å². The van der Waals surface area contributed by atoms with Crippen LogP contribution in [0, 0.1) is 5.82 Å². The van der Waals surface area contributed by atoms with Crippen LogP contribution in [0.15, 0.2) is 51.4 Å². The highest BCUT2D eigenvalue weighted by Gasteiger charge is 2.18. The second-order valence-electron chi connectivity index (χ2n) is 4.52. The molecule has 0 aliphatic rings. The number of fused-ring (bicyclic) bond motifs is 1. The number of aromatic nitrogens is 1. The van der Waals surface area contributed by atoms with E-state index >= 15 is 0 Å². The van der Waals surface area contributed by atoms with Crippen LogP contribution in [0.5, 0.6) is 0 Å². The van der Waals surface area contributed by atoms with Crippen molar-refractivity contribution in [1.82, 2.24) is 4.98 Å². The minimum atomic E-state index is -0.515. The van der Waals surface area contributed by atoms with E-state index in [0.29, 0.717) is 27.9 Å². The summed E-state index contributed by atoms with van der Waals surface area (Å²) in [5.41, 5.74) is 8.01. The van der Waals surface area contributed by atoms with Gasteiger partial charge in [-0.05, 0) is 24.3 Å². The zero-order chi connectivity index (χ0) is 14.1. The molecule has 1 atom stereocenters. The molecule has 3 aromatic rings. The third kappa shape index (κ3) is 2.46. The summed E-state index contributed by atoms with van der Waals surface area (Å²) in [5, 5.41) is 0. The van der Waals surface area contributed by atoms with Crippen LogP contribution in [0.4, 0.5) is 4.39 Å². The zero-order valence-electron chi connectivity index (χ0n) is 10.5. The molecule has 0 aliphatic carbocycles. The molecule has 1 aromatic heterocycles. The number of hydrogen-bond acceptors (Lipinski definition) is 3. The second-order valence-corrected chi connectivity index (χ2v) is 5.38. The second kappa shape index (κ2) is 5.34. The summed E-state index contributed by atoms with van der Waals surface area (Å²) in [7, 11) is 0. The Labute approximate surface area is 123 Å². The van der Waals surface area contributed by atoms with Crippen molar-refractivity contribution in [3.63, 3.8) is 0 Å². The number of nitrogens with zero attached hydrogens (tertiary/aromatic N) is 1.